The molecular weight excluding hydrogens is 334 g/mol. The van der Waals surface area contributed by atoms with Crippen molar-refractivity contribution in [3.8, 4) is 11.5 Å². The molecule has 2 rings (SSSR count). The van der Waals surface area contributed by atoms with Gasteiger partial charge in [-0.3, -0.25) is 14.4 Å². The Kier molecular flexibility index (Phi) is 6.08. The zero-order valence-corrected chi connectivity index (χ0v) is 14.6. The first-order valence-electron chi connectivity index (χ1n) is 7.37. The molecule has 0 spiro atoms. The van der Waals surface area contributed by atoms with E-state index in [1.165, 1.54) is 14.2 Å². The number of carbonyl (C=O) groups is 3. The van der Waals surface area contributed by atoms with Gasteiger partial charge in [0, 0.05) is 12.5 Å². The molecule has 1 aromatic carbocycles. The van der Waals surface area contributed by atoms with E-state index in [-0.39, 0.29) is 30.6 Å². The summed E-state index contributed by atoms with van der Waals surface area (Å²) >= 11 is 1.11. The van der Waals surface area contributed by atoms with E-state index in [0.29, 0.717) is 17.2 Å². The predicted octanol–water partition coefficient (Wildman–Crippen LogP) is 1.63. The number of amides is 2. The van der Waals surface area contributed by atoms with E-state index in [0.717, 1.165) is 16.7 Å². The van der Waals surface area contributed by atoms with E-state index in [4.69, 9.17) is 14.2 Å². The van der Waals surface area contributed by atoms with Crippen molar-refractivity contribution in [3.05, 3.63) is 18.2 Å². The van der Waals surface area contributed by atoms with Gasteiger partial charge in [0.05, 0.1) is 37.5 Å². The fraction of sp³-hybridized carbons (Fsp3) is 0.438. The van der Waals surface area contributed by atoms with Gasteiger partial charge in [-0.25, -0.2) is 4.90 Å². The predicted molar refractivity (Wildman–Crippen MR) is 89.5 cm³/mol. The van der Waals surface area contributed by atoms with Crippen molar-refractivity contribution in [2.45, 2.75) is 18.6 Å². The molecule has 1 aliphatic rings. The maximum atomic E-state index is 12.6. The molecular formula is C16H19NO6S. The molecule has 1 heterocycles. The molecule has 1 aromatic rings. The van der Waals surface area contributed by atoms with Crippen LogP contribution < -0.4 is 14.4 Å². The normalized spacial score (nSPS) is 17.1. The third kappa shape index (κ3) is 3.81. The van der Waals surface area contributed by atoms with E-state index < -0.39 is 11.2 Å². The van der Waals surface area contributed by atoms with Gasteiger partial charge in [-0.15, -0.1) is 11.8 Å². The van der Waals surface area contributed by atoms with Gasteiger partial charge in [0.25, 0.3) is 0 Å². The second-order valence-electron chi connectivity index (χ2n) is 4.91. The molecule has 24 heavy (non-hydrogen) atoms. The lowest BCUT2D eigenvalue weighted by Crippen LogP contribution is -2.31. The lowest BCUT2D eigenvalue weighted by Gasteiger charge is -2.18. The van der Waals surface area contributed by atoms with E-state index in [1.807, 2.05) is 0 Å². The minimum atomic E-state index is -0.603. The zero-order chi connectivity index (χ0) is 17.7. The highest BCUT2D eigenvalue weighted by atomic mass is 32.2. The van der Waals surface area contributed by atoms with Gasteiger partial charge in [0.15, 0.2) is 0 Å². The summed E-state index contributed by atoms with van der Waals surface area (Å²) < 4.78 is 15.2. The molecule has 7 nitrogen and oxygen atoms in total. The molecule has 1 saturated heterocycles. The third-order valence-corrected chi connectivity index (χ3v) is 4.61. The molecule has 8 heteroatoms. The van der Waals surface area contributed by atoms with Crippen LogP contribution in [0.25, 0.3) is 0 Å². The standard InChI is InChI=1S/C16H19NO6S/c1-4-23-15(19)9-24-13-8-14(18)17(16(13)20)11-6-5-10(21-2)7-12(11)22-3/h5-7,13H,4,8-9H2,1-3H3/t13-/m1/s1. The minimum absolute atomic E-state index is 0.0329. The maximum Gasteiger partial charge on any atom is 0.315 e. The molecule has 0 bridgehead atoms. The van der Waals surface area contributed by atoms with E-state index in [1.54, 1.807) is 25.1 Å². The van der Waals surface area contributed by atoms with Crippen LogP contribution in [-0.2, 0) is 19.1 Å². The summed E-state index contributed by atoms with van der Waals surface area (Å²) in [5.41, 5.74) is 0.368. The smallest absolute Gasteiger partial charge is 0.315 e. The van der Waals surface area contributed by atoms with Crippen LogP contribution in [0.15, 0.2) is 18.2 Å². The number of hydrogen-bond acceptors (Lipinski definition) is 7. The number of ether oxygens (including phenoxy) is 3. The molecule has 1 fully saturated rings. The Morgan fingerprint density at radius 1 is 1.29 bits per heavy atom. The Labute approximate surface area is 144 Å². The van der Waals surface area contributed by atoms with E-state index in [9.17, 15) is 14.4 Å². The molecule has 1 atom stereocenters. The largest absolute Gasteiger partial charge is 0.497 e. The molecule has 0 radical (unpaired) electrons. The van der Waals surface area contributed by atoms with E-state index >= 15 is 0 Å². The SMILES string of the molecule is CCOC(=O)CS[C@@H]1CC(=O)N(c2ccc(OC)cc2OC)C1=O. The molecule has 0 aliphatic carbocycles. The highest BCUT2D eigenvalue weighted by Crippen LogP contribution is 2.37. The summed E-state index contributed by atoms with van der Waals surface area (Å²) in [7, 11) is 2.97. The number of thioether (sulfide) groups is 1. The number of hydrogen-bond donors (Lipinski definition) is 0. The number of nitrogens with zero attached hydrogens (tertiary/aromatic N) is 1. The van der Waals surface area contributed by atoms with Crippen molar-refractivity contribution in [1.29, 1.82) is 0 Å². The number of rotatable bonds is 7. The maximum absolute atomic E-state index is 12.6. The lowest BCUT2D eigenvalue weighted by molar-refractivity contribution is -0.139. The van der Waals surface area contributed by atoms with Gasteiger partial charge in [0.2, 0.25) is 11.8 Å². The average molecular weight is 353 g/mol. The fourth-order valence-corrected chi connectivity index (χ4v) is 3.26. The summed E-state index contributed by atoms with van der Waals surface area (Å²) in [6.07, 6.45) is 0.0398. The third-order valence-electron chi connectivity index (χ3n) is 3.44. The quantitative estimate of drug-likeness (QED) is 0.544. The first kappa shape index (κ1) is 18.1. The molecule has 2 amide bonds. The summed E-state index contributed by atoms with van der Waals surface area (Å²) in [4.78, 5) is 37.4. The highest BCUT2D eigenvalue weighted by molar-refractivity contribution is 8.01. The Hall–Kier alpha value is -2.22. The topological polar surface area (TPSA) is 82.1 Å². The number of imide groups is 1. The van der Waals surface area contributed by atoms with Gasteiger partial charge < -0.3 is 14.2 Å². The Morgan fingerprint density at radius 3 is 2.67 bits per heavy atom. The number of benzene rings is 1. The van der Waals surface area contributed by atoms with Crippen LogP contribution in [-0.4, -0.2) is 49.6 Å². The van der Waals surface area contributed by atoms with Crippen molar-refractivity contribution < 1.29 is 28.6 Å². The van der Waals surface area contributed by atoms with Crippen molar-refractivity contribution in [3.63, 3.8) is 0 Å². The number of carbonyl (C=O) groups excluding carboxylic acids is 3. The van der Waals surface area contributed by atoms with Gasteiger partial charge in [0.1, 0.15) is 11.5 Å². The summed E-state index contributed by atoms with van der Waals surface area (Å²) in [5.74, 6) is -0.133. The van der Waals surface area contributed by atoms with Crippen LogP contribution in [0, 0.1) is 0 Å². The highest BCUT2D eigenvalue weighted by Gasteiger charge is 2.41. The monoisotopic (exact) mass is 353 g/mol. The van der Waals surface area contributed by atoms with Gasteiger partial charge in [-0.2, -0.15) is 0 Å². The summed E-state index contributed by atoms with van der Waals surface area (Å²) in [6.45, 7) is 2.00. The summed E-state index contributed by atoms with van der Waals surface area (Å²) in [6, 6.07) is 4.86. The second-order valence-corrected chi connectivity index (χ2v) is 6.11. The first-order chi connectivity index (χ1) is 11.5. The van der Waals surface area contributed by atoms with Crippen molar-refractivity contribution in [1.82, 2.24) is 0 Å². The molecule has 0 aromatic heterocycles. The lowest BCUT2D eigenvalue weighted by atomic mass is 10.2. The zero-order valence-electron chi connectivity index (χ0n) is 13.7. The minimum Gasteiger partial charge on any atom is -0.497 e. The second kappa shape index (κ2) is 8.05. The van der Waals surface area contributed by atoms with Gasteiger partial charge in [-0.1, -0.05) is 0 Å². The van der Waals surface area contributed by atoms with Crippen LogP contribution in [0.4, 0.5) is 5.69 Å². The van der Waals surface area contributed by atoms with Crippen LogP contribution >= 0.6 is 11.8 Å². The molecule has 0 N–H and O–H groups in total. The van der Waals surface area contributed by atoms with E-state index in [2.05, 4.69) is 0 Å². The van der Waals surface area contributed by atoms with Crippen molar-refractivity contribution in [2.75, 3.05) is 31.5 Å². The molecule has 0 unspecified atom stereocenters. The van der Waals surface area contributed by atoms with Gasteiger partial charge in [-0.05, 0) is 19.1 Å². The number of anilines is 1. The Morgan fingerprint density at radius 2 is 2.04 bits per heavy atom. The summed E-state index contributed by atoms with van der Waals surface area (Å²) in [5, 5.41) is -0.603. The number of methoxy groups -OCH3 is 2. The Balaban J connectivity index is 2.16. The van der Waals surface area contributed by atoms with Crippen LogP contribution in [0.2, 0.25) is 0 Å². The van der Waals surface area contributed by atoms with Crippen LogP contribution in [0.1, 0.15) is 13.3 Å². The van der Waals surface area contributed by atoms with Crippen molar-refractivity contribution >= 4 is 35.2 Å². The Bertz CT molecular complexity index is 647. The molecule has 1 aliphatic heterocycles. The first-order valence-corrected chi connectivity index (χ1v) is 8.42. The van der Waals surface area contributed by atoms with Crippen LogP contribution in [0.5, 0.6) is 11.5 Å². The number of esters is 1. The molecule has 0 saturated carbocycles. The van der Waals surface area contributed by atoms with Crippen molar-refractivity contribution in [2.24, 2.45) is 0 Å². The van der Waals surface area contributed by atoms with Gasteiger partial charge >= 0.3 is 5.97 Å². The molecule has 130 valence electrons. The van der Waals surface area contributed by atoms with Crippen LogP contribution in [0.3, 0.4) is 0 Å². The average Bonchev–Trinajstić information content (AvgIpc) is 2.86. The fourth-order valence-electron chi connectivity index (χ4n) is 2.33.